The summed E-state index contributed by atoms with van der Waals surface area (Å²) in [6.45, 7) is 0. The SMILES string of the molecule is FC(/C(F)=C(\F)C1CCC(Oc2ccccc2)CC1)=C(/F)c1cccc2c1sc1ccccc12. The van der Waals surface area contributed by atoms with Crippen molar-refractivity contribution in [1.29, 1.82) is 0 Å². The van der Waals surface area contributed by atoms with Crippen molar-refractivity contribution in [3.05, 3.63) is 95.8 Å². The number of allylic oxidation sites excluding steroid dienone is 3. The summed E-state index contributed by atoms with van der Waals surface area (Å²) in [4.78, 5) is 0. The third-order valence-electron chi connectivity index (χ3n) is 6.31. The van der Waals surface area contributed by atoms with Gasteiger partial charge in [0, 0.05) is 31.7 Å². The Morgan fingerprint density at radius 3 is 2.15 bits per heavy atom. The van der Waals surface area contributed by atoms with Crippen LogP contribution in [0.1, 0.15) is 31.2 Å². The summed E-state index contributed by atoms with van der Waals surface area (Å²) in [5, 5.41) is 1.66. The quantitative estimate of drug-likeness (QED) is 0.203. The summed E-state index contributed by atoms with van der Waals surface area (Å²) in [5.41, 5.74) is -0.0703. The van der Waals surface area contributed by atoms with Crippen molar-refractivity contribution in [3.8, 4) is 5.75 Å². The number of ether oxygens (including phenoxy) is 1. The molecule has 5 rings (SSSR count). The molecule has 174 valence electrons. The van der Waals surface area contributed by atoms with Crippen LogP contribution in [0.15, 0.2) is 90.3 Å². The van der Waals surface area contributed by atoms with Gasteiger partial charge in [-0.2, -0.15) is 0 Å². The Kier molecular flexibility index (Phi) is 6.42. The summed E-state index contributed by atoms with van der Waals surface area (Å²) in [5.74, 6) is -6.22. The van der Waals surface area contributed by atoms with Crippen molar-refractivity contribution in [2.45, 2.75) is 31.8 Å². The smallest absolute Gasteiger partial charge is 0.197 e. The molecule has 0 unspecified atom stereocenters. The zero-order chi connectivity index (χ0) is 23.7. The molecule has 6 heteroatoms. The number of halogens is 4. The molecule has 1 heterocycles. The van der Waals surface area contributed by atoms with E-state index in [0.717, 1.165) is 21.2 Å². The highest BCUT2D eigenvalue weighted by Crippen LogP contribution is 2.42. The van der Waals surface area contributed by atoms with Crippen LogP contribution in [0, 0.1) is 5.92 Å². The van der Waals surface area contributed by atoms with Gasteiger partial charge in [-0.15, -0.1) is 11.3 Å². The lowest BCUT2D eigenvalue weighted by Crippen LogP contribution is -2.24. The second-order valence-electron chi connectivity index (χ2n) is 8.47. The molecule has 0 amide bonds. The van der Waals surface area contributed by atoms with Crippen molar-refractivity contribution >= 4 is 37.3 Å². The normalized spacial score (nSPS) is 20.2. The van der Waals surface area contributed by atoms with Gasteiger partial charge in [0.05, 0.1) is 6.10 Å². The van der Waals surface area contributed by atoms with E-state index in [2.05, 4.69) is 0 Å². The number of hydrogen-bond donors (Lipinski definition) is 0. The third-order valence-corrected chi connectivity index (χ3v) is 7.53. The molecule has 0 aliphatic heterocycles. The average molecular weight is 483 g/mol. The van der Waals surface area contributed by atoms with E-state index >= 15 is 4.39 Å². The highest BCUT2D eigenvalue weighted by Gasteiger charge is 2.30. The average Bonchev–Trinajstić information content (AvgIpc) is 3.27. The van der Waals surface area contributed by atoms with E-state index < -0.39 is 29.2 Å². The zero-order valence-electron chi connectivity index (χ0n) is 18.2. The van der Waals surface area contributed by atoms with E-state index in [9.17, 15) is 13.2 Å². The molecule has 1 aliphatic carbocycles. The second-order valence-corrected chi connectivity index (χ2v) is 9.53. The maximum absolute atomic E-state index is 15.1. The summed E-state index contributed by atoms with van der Waals surface area (Å²) >= 11 is 1.30. The van der Waals surface area contributed by atoms with Gasteiger partial charge >= 0.3 is 0 Å². The Hall–Kier alpha value is -3.12. The minimum atomic E-state index is -1.79. The molecule has 1 fully saturated rings. The fourth-order valence-corrected chi connectivity index (χ4v) is 5.75. The Labute approximate surface area is 199 Å². The zero-order valence-corrected chi connectivity index (χ0v) is 19.1. The molecular formula is C28H22F4OS. The van der Waals surface area contributed by atoms with Crippen molar-refractivity contribution in [1.82, 2.24) is 0 Å². The van der Waals surface area contributed by atoms with E-state index in [4.69, 9.17) is 4.74 Å². The molecule has 1 nitrogen and oxygen atoms in total. The molecule has 0 bridgehead atoms. The molecule has 0 N–H and O–H groups in total. The fraction of sp³-hybridized carbons (Fsp3) is 0.214. The number of thiophene rings is 1. The number of benzene rings is 3. The minimum absolute atomic E-state index is 0.0703. The molecule has 4 aromatic rings. The predicted octanol–water partition coefficient (Wildman–Crippen LogP) is 9.45. The Morgan fingerprint density at radius 2 is 1.38 bits per heavy atom. The first-order chi connectivity index (χ1) is 16.5. The molecule has 0 saturated heterocycles. The van der Waals surface area contributed by atoms with Crippen LogP contribution in [0.4, 0.5) is 17.6 Å². The molecule has 1 aromatic heterocycles. The largest absolute Gasteiger partial charge is 0.490 e. The summed E-state index contributed by atoms with van der Waals surface area (Å²) < 4.78 is 66.9. The third kappa shape index (κ3) is 4.34. The van der Waals surface area contributed by atoms with Gasteiger partial charge in [0.15, 0.2) is 17.5 Å². The molecular weight excluding hydrogens is 460 g/mol. The first-order valence-electron chi connectivity index (χ1n) is 11.3. The summed E-state index contributed by atoms with van der Waals surface area (Å²) in [7, 11) is 0. The van der Waals surface area contributed by atoms with Crippen LogP contribution in [-0.4, -0.2) is 6.10 Å². The van der Waals surface area contributed by atoms with Crippen LogP contribution in [0.3, 0.4) is 0 Å². The second kappa shape index (κ2) is 9.63. The fourth-order valence-electron chi connectivity index (χ4n) is 4.54. The van der Waals surface area contributed by atoms with E-state index in [0.29, 0.717) is 30.4 Å². The Morgan fingerprint density at radius 1 is 0.706 bits per heavy atom. The van der Waals surface area contributed by atoms with Gasteiger partial charge in [-0.25, -0.2) is 17.6 Å². The van der Waals surface area contributed by atoms with E-state index in [1.165, 1.54) is 17.4 Å². The van der Waals surface area contributed by atoms with Crippen LogP contribution in [0.25, 0.3) is 26.0 Å². The van der Waals surface area contributed by atoms with Gasteiger partial charge in [-0.05, 0) is 43.9 Å². The number of rotatable bonds is 5. The predicted molar refractivity (Wildman–Crippen MR) is 131 cm³/mol. The molecule has 1 saturated carbocycles. The number of fused-ring (bicyclic) bond motifs is 3. The Bertz CT molecular complexity index is 1380. The number of para-hydroxylation sites is 1. The van der Waals surface area contributed by atoms with Crippen molar-refractivity contribution in [3.63, 3.8) is 0 Å². The van der Waals surface area contributed by atoms with Crippen LogP contribution in [0.5, 0.6) is 5.75 Å². The lowest BCUT2D eigenvalue weighted by molar-refractivity contribution is 0.132. The lowest BCUT2D eigenvalue weighted by atomic mass is 9.86. The highest BCUT2D eigenvalue weighted by molar-refractivity contribution is 7.26. The van der Waals surface area contributed by atoms with Crippen molar-refractivity contribution < 1.29 is 22.3 Å². The first kappa shape index (κ1) is 22.7. The minimum Gasteiger partial charge on any atom is -0.490 e. The summed E-state index contributed by atoms with van der Waals surface area (Å²) in [6.07, 6.45) is 1.51. The lowest BCUT2D eigenvalue weighted by Gasteiger charge is -2.28. The molecule has 0 atom stereocenters. The van der Waals surface area contributed by atoms with Crippen LogP contribution < -0.4 is 4.74 Å². The standard InChI is InChI=1S/C28H22F4OS/c29-24(17-13-15-19(16-14-17)33-18-7-2-1-3-8-18)26(31)27(32)25(30)22-11-6-10-21-20-9-4-5-12-23(20)34-28(21)22/h1-12,17,19H,13-16H2/b26-24+,27-25+. The maximum Gasteiger partial charge on any atom is 0.197 e. The molecule has 34 heavy (non-hydrogen) atoms. The van der Waals surface area contributed by atoms with Crippen LogP contribution >= 0.6 is 11.3 Å². The molecule has 0 spiro atoms. The van der Waals surface area contributed by atoms with Gasteiger partial charge in [0.25, 0.3) is 0 Å². The van der Waals surface area contributed by atoms with Crippen LogP contribution in [0.2, 0.25) is 0 Å². The highest BCUT2D eigenvalue weighted by atomic mass is 32.1. The monoisotopic (exact) mass is 482 g/mol. The molecule has 0 radical (unpaired) electrons. The van der Waals surface area contributed by atoms with Crippen molar-refractivity contribution in [2.75, 3.05) is 0 Å². The van der Waals surface area contributed by atoms with Gasteiger partial charge in [0.2, 0.25) is 0 Å². The van der Waals surface area contributed by atoms with Gasteiger partial charge in [0.1, 0.15) is 11.6 Å². The molecule has 3 aromatic carbocycles. The molecule has 1 aliphatic rings. The van der Waals surface area contributed by atoms with Gasteiger partial charge in [-0.3, -0.25) is 0 Å². The maximum atomic E-state index is 15.1. The Balaban J connectivity index is 1.38. The van der Waals surface area contributed by atoms with E-state index in [1.807, 2.05) is 60.7 Å². The summed E-state index contributed by atoms with van der Waals surface area (Å²) in [6, 6.07) is 21.6. The van der Waals surface area contributed by atoms with E-state index in [1.54, 1.807) is 6.07 Å². The van der Waals surface area contributed by atoms with Gasteiger partial charge < -0.3 is 4.74 Å². The topological polar surface area (TPSA) is 9.23 Å². The number of hydrogen-bond acceptors (Lipinski definition) is 2. The first-order valence-corrected chi connectivity index (χ1v) is 12.1. The van der Waals surface area contributed by atoms with E-state index in [-0.39, 0.29) is 11.7 Å². The van der Waals surface area contributed by atoms with Gasteiger partial charge in [-0.1, -0.05) is 54.6 Å². The van der Waals surface area contributed by atoms with Crippen molar-refractivity contribution in [2.24, 2.45) is 5.92 Å². The van der Waals surface area contributed by atoms with Crippen LogP contribution in [-0.2, 0) is 0 Å².